The predicted molar refractivity (Wildman–Crippen MR) is 191 cm³/mol. The van der Waals surface area contributed by atoms with Gasteiger partial charge in [0.25, 0.3) is 0 Å². The lowest BCUT2D eigenvalue weighted by atomic mass is 9.94. The Balaban J connectivity index is 1.37. The summed E-state index contributed by atoms with van der Waals surface area (Å²) in [7, 11) is 0. The number of hydrogen-bond donors (Lipinski definition) is 1. The van der Waals surface area contributed by atoms with Crippen LogP contribution in [0.5, 0.6) is 0 Å². The van der Waals surface area contributed by atoms with Crippen molar-refractivity contribution >= 4 is 83.8 Å². The Kier molecular flexibility index (Phi) is 5.36. The summed E-state index contributed by atoms with van der Waals surface area (Å²) in [4.78, 5) is 16.5. The van der Waals surface area contributed by atoms with E-state index in [4.69, 9.17) is 32.0 Å². The molecule has 46 heavy (non-hydrogen) atoms. The zero-order valence-electron chi connectivity index (χ0n) is 24.5. The first kappa shape index (κ1) is 25.6. The minimum atomic E-state index is 0.548. The topological polar surface area (TPSA) is 56.7 Å². The van der Waals surface area contributed by atoms with Crippen LogP contribution in [0, 0.1) is 0 Å². The van der Waals surface area contributed by atoms with Gasteiger partial charge in [0, 0.05) is 49.2 Å². The van der Waals surface area contributed by atoms with Crippen molar-refractivity contribution in [2.45, 2.75) is 11.3 Å². The number of hydrogen-bond acceptors (Lipinski definition) is 5. The molecule has 1 aliphatic carbocycles. The van der Waals surface area contributed by atoms with Crippen LogP contribution in [0.25, 0.3) is 88.3 Å². The molecule has 0 aliphatic heterocycles. The molecule has 0 atom stereocenters. The largest absolute Gasteiger partial charge is 0.456 e. The fourth-order valence-corrected chi connectivity index (χ4v) is 7.75. The van der Waals surface area contributed by atoms with Crippen molar-refractivity contribution in [2.24, 2.45) is 0 Å². The molecule has 0 saturated carbocycles. The molecule has 0 bridgehead atoms. The molecule has 0 amide bonds. The molecule has 0 saturated heterocycles. The van der Waals surface area contributed by atoms with Crippen LogP contribution in [0.3, 0.4) is 0 Å². The second-order valence-electron chi connectivity index (χ2n) is 11.7. The van der Waals surface area contributed by atoms with Crippen LogP contribution in [0.1, 0.15) is 12.0 Å². The predicted octanol–water partition coefficient (Wildman–Crippen LogP) is 10.5. The van der Waals surface area contributed by atoms with Gasteiger partial charge in [-0.3, -0.25) is 4.57 Å². The molecule has 0 fully saturated rings. The van der Waals surface area contributed by atoms with Gasteiger partial charge in [-0.15, -0.1) is 12.6 Å². The third-order valence-electron chi connectivity index (χ3n) is 9.20. The Morgan fingerprint density at radius 3 is 2.30 bits per heavy atom. The standard InChI is InChI=1S/C40H24N4OS/c46-38-33(23-11-1-2-12-23)24-13-3-4-14-25(24)35-29-18-10-22-41-39(29)44(37(35)38)40-42-30-19-7-5-15-26(30)36(43-40)28-17-9-21-32-34(28)27-16-6-8-20-31(27)45-32/h1-11,13-22,46H,12H2. The van der Waals surface area contributed by atoms with Crippen LogP contribution < -0.4 is 0 Å². The van der Waals surface area contributed by atoms with Crippen molar-refractivity contribution in [3.63, 3.8) is 0 Å². The molecule has 10 rings (SSSR count). The van der Waals surface area contributed by atoms with Gasteiger partial charge < -0.3 is 4.42 Å². The van der Waals surface area contributed by atoms with E-state index in [9.17, 15) is 0 Å². The van der Waals surface area contributed by atoms with Crippen LogP contribution in [-0.2, 0) is 0 Å². The summed E-state index contributed by atoms with van der Waals surface area (Å²) in [5.41, 5.74) is 8.49. The average Bonchev–Trinajstić information content (AvgIpc) is 3.85. The molecule has 1 aliphatic rings. The number of pyridine rings is 1. The molecule has 5 aromatic carbocycles. The van der Waals surface area contributed by atoms with Crippen molar-refractivity contribution in [3.05, 3.63) is 133 Å². The molecule has 4 aromatic heterocycles. The maximum absolute atomic E-state index is 6.28. The van der Waals surface area contributed by atoms with E-state index < -0.39 is 0 Å². The highest BCUT2D eigenvalue weighted by Gasteiger charge is 2.25. The van der Waals surface area contributed by atoms with E-state index in [0.717, 1.165) is 88.3 Å². The maximum atomic E-state index is 6.28. The molecule has 6 heteroatoms. The van der Waals surface area contributed by atoms with Crippen molar-refractivity contribution in [2.75, 3.05) is 0 Å². The molecule has 5 nitrogen and oxygen atoms in total. The van der Waals surface area contributed by atoms with Crippen LogP contribution in [0.4, 0.5) is 0 Å². The highest BCUT2D eigenvalue weighted by atomic mass is 32.1. The summed E-state index contributed by atoms with van der Waals surface area (Å²) in [5, 5.41) is 7.54. The third-order valence-corrected chi connectivity index (χ3v) is 9.63. The first-order chi connectivity index (χ1) is 22.8. The number of thiol groups is 1. The first-order valence-corrected chi connectivity index (χ1v) is 15.8. The van der Waals surface area contributed by atoms with Gasteiger partial charge in [0.2, 0.25) is 5.95 Å². The second kappa shape index (κ2) is 9.64. The van der Waals surface area contributed by atoms with E-state index in [-0.39, 0.29) is 0 Å². The molecule has 0 spiro atoms. The summed E-state index contributed by atoms with van der Waals surface area (Å²) >= 11 is 5.31. The van der Waals surface area contributed by atoms with Crippen molar-refractivity contribution < 1.29 is 4.42 Å². The Hall–Kier alpha value is -5.72. The number of aromatic nitrogens is 4. The molecule has 0 radical (unpaired) electrons. The fourth-order valence-electron chi connectivity index (χ4n) is 7.27. The summed E-state index contributed by atoms with van der Waals surface area (Å²) < 4.78 is 8.39. The lowest BCUT2D eigenvalue weighted by Crippen LogP contribution is -2.05. The average molecular weight is 609 g/mol. The molecule has 4 heterocycles. The summed E-state index contributed by atoms with van der Waals surface area (Å²) in [6.45, 7) is 0. The maximum Gasteiger partial charge on any atom is 0.237 e. The molecular weight excluding hydrogens is 585 g/mol. The smallest absolute Gasteiger partial charge is 0.237 e. The van der Waals surface area contributed by atoms with E-state index in [1.54, 1.807) is 0 Å². The van der Waals surface area contributed by atoms with Crippen molar-refractivity contribution in [1.29, 1.82) is 0 Å². The highest BCUT2D eigenvalue weighted by molar-refractivity contribution is 7.80. The number of benzene rings is 5. The quantitative estimate of drug-likeness (QED) is 0.203. The van der Waals surface area contributed by atoms with Gasteiger partial charge >= 0.3 is 0 Å². The minimum absolute atomic E-state index is 0.548. The van der Waals surface area contributed by atoms with E-state index in [1.165, 1.54) is 11.0 Å². The Morgan fingerprint density at radius 2 is 1.43 bits per heavy atom. The zero-order valence-corrected chi connectivity index (χ0v) is 25.4. The number of fused-ring (bicyclic) bond motifs is 9. The number of para-hydroxylation sites is 2. The van der Waals surface area contributed by atoms with Gasteiger partial charge in [-0.1, -0.05) is 91.0 Å². The Labute approximate surface area is 268 Å². The van der Waals surface area contributed by atoms with Gasteiger partial charge in [0.15, 0.2) is 0 Å². The number of allylic oxidation sites excluding steroid dienone is 4. The first-order valence-electron chi connectivity index (χ1n) is 15.3. The summed E-state index contributed by atoms with van der Waals surface area (Å²) in [6, 6.07) is 35.3. The van der Waals surface area contributed by atoms with Crippen LogP contribution in [0.15, 0.2) is 137 Å². The lowest BCUT2D eigenvalue weighted by Gasteiger charge is -2.16. The molecular formula is C40H24N4OS. The van der Waals surface area contributed by atoms with Gasteiger partial charge in [-0.2, -0.15) is 0 Å². The highest BCUT2D eigenvalue weighted by Crippen LogP contribution is 2.45. The van der Waals surface area contributed by atoms with Crippen molar-refractivity contribution in [3.8, 4) is 17.2 Å². The van der Waals surface area contributed by atoms with Crippen LogP contribution in [-0.4, -0.2) is 19.5 Å². The van der Waals surface area contributed by atoms with Gasteiger partial charge in [-0.25, -0.2) is 15.0 Å². The zero-order chi connectivity index (χ0) is 30.4. The monoisotopic (exact) mass is 608 g/mol. The molecule has 216 valence electrons. The van der Waals surface area contributed by atoms with E-state index in [0.29, 0.717) is 5.95 Å². The molecule has 9 aromatic rings. The second-order valence-corrected chi connectivity index (χ2v) is 12.1. The minimum Gasteiger partial charge on any atom is -0.456 e. The summed E-state index contributed by atoms with van der Waals surface area (Å²) in [5.74, 6) is 0.548. The van der Waals surface area contributed by atoms with Gasteiger partial charge in [0.05, 0.1) is 16.7 Å². The van der Waals surface area contributed by atoms with Crippen LogP contribution in [0.2, 0.25) is 0 Å². The van der Waals surface area contributed by atoms with Gasteiger partial charge in [-0.05, 0) is 53.1 Å². The number of furan rings is 1. The van der Waals surface area contributed by atoms with E-state index >= 15 is 0 Å². The number of rotatable bonds is 3. The van der Waals surface area contributed by atoms with Crippen molar-refractivity contribution in [1.82, 2.24) is 19.5 Å². The SMILES string of the molecule is Sc1c(C2=CC=CC2)c2ccccc2c2c3cccnc3n(-c3nc(-c4cccc5oc6ccccc6c45)c4ccccc4n3)c12. The van der Waals surface area contributed by atoms with E-state index in [2.05, 4.69) is 77.4 Å². The summed E-state index contributed by atoms with van der Waals surface area (Å²) in [6.07, 6.45) is 9.21. The molecule has 0 N–H and O–H groups in total. The van der Waals surface area contributed by atoms with Crippen LogP contribution >= 0.6 is 12.6 Å². The Morgan fingerprint density at radius 1 is 0.674 bits per heavy atom. The van der Waals surface area contributed by atoms with E-state index in [1.807, 2.05) is 54.7 Å². The number of nitrogens with zero attached hydrogens (tertiary/aromatic N) is 4. The normalized spacial score (nSPS) is 13.3. The molecule has 0 unspecified atom stereocenters. The third kappa shape index (κ3) is 3.50. The van der Waals surface area contributed by atoms with Gasteiger partial charge in [0.1, 0.15) is 16.8 Å². The lowest BCUT2D eigenvalue weighted by molar-refractivity contribution is 0.669. The Bertz CT molecular complexity index is 2800. The fraction of sp³-hybridized carbons (Fsp3) is 0.0250.